The number of hydrogen-bond donors (Lipinski definition) is 0. The average molecular weight is 297 g/mol. The summed E-state index contributed by atoms with van der Waals surface area (Å²) >= 11 is 0. The van der Waals surface area contributed by atoms with Gasteiger partial charge in [0.2, 0.25) is 5.91 Å². The van der Waals surface area contributed by atoms with Gasteiger partial charge in [0.25, 0.3) is 0 Å². The number of aromatic nitrogens is 1. The molecule has 2 heterocycles. The maximum Gasteiger partial charge on any atom is 0.222 e. The van der Waals surface area contributed by atoms with Crippen molar-refractivity contribution in [1.82, 2.24) is 9.88 Å². The van der Waals surface area contributed by atoms with Crippen LogP contribution < -0.4 is 4.90 Å². The number of nitrogens with zero attached hydrogens (tertiary/aromatic N) is 3. The normalized spacial score (nSPS) is 18.2. The van der Waals surface area contributed by atoms with Crippen molar-refractivity contribution in [1.29, 1.82) is 0 Å². The Morgan fingerprint density at radius 1 is 1.36 bits per heavy atom. The zero-order valence-electron chi connectivity index (χ0n) is 13.5. The molecule has 1 saturated heterocycles. The van der Waals surface area contributed by atoms with E-state index < -0.39 is 0 Å². The van der Waals surface area contributed by atoms with E-state index >= 15 is 0 Å². The van der Waals surface area contributed by atoms with Crippen molar-refractivity contribution in [2.75, 3.05) is 31.6 Å². The molecule has 3 rings (SSSR count). The van der Waals surface area contributed by atoms with Gasteiger partial charge >= 0.3 is 0 Å². The maximum atomic E-state index is 11.9. The standard InChI is InChI=1S/C18H23N3O/c1-4-21-12-14(10-18(21)22)11-20(3)17-9-13(2)15-7-5-6-8-16(15)19-17/h5-9,14H,4,10-12H2,1-3H3. The average Bonchev–Trinajstić information content (AvgIpc) is 2.87. The van der Waals surface area contributed by atoms with Gasteiger partial charge in [-0.25, -0.2) is 4.98 Å². The number of anilines is 1. The number of likely N-dealkylation sites (tertiary alicyclic amines) is 1. The SMILES string of the molecule is CCN1CC(CN(C)c2cc(C)c3ccccc3n2)CC1=O. The lowest BCUT2D eigenvalue weighted by Gasteiger charge is -2.23. The Kier molecular flexibility index (Phi) is 4.01. The Hall–Kier alpha value is -2.10. The van der Waals surface area contributed by atoms with E-state index in [0.29, 0.717) is 12.3 Å². The van der Waals surface area contributed by atoms with Crippen LogP contribution in [0.5, 0.6) is 0 Å². The van der Waals surface area contributed by atoms with Crippen LogP contribution in [0, 0.1) is 12.8 Å². The summed E-state index contributed by atoms with van der Waals surface area (Å²) in [7, 11) is 2.07. The van der Waals surface area contributed by atoms with Gasteiger partial charge in [0.1, 0.15) is 5.82 Å². The highest BCUT2D eigenvalue weighted by Gasteiger charge is 2.29. The van der Waals surface area contributed by atoms with Crippen molar-refractivity contribution in [3.63, 3.8) is 0 Å². The lowest BCUT2D eigenvalue weighted by atomic mass is 10.1. The fourth-order valence-corrected chi connectivity index (χ4v) is 3.29. The zero-order chi connectivity index (χ0) is 15.7. The summed E-state index contributed by atoms with van der Waals surface area (Å²) in [6, 6.07) is 10.4. The minimum Gasteiger partial charge on any atom is -0.359 e. The minimum absolute atomic E-state index is 0.281. The van der Waals surface area contributed by atoms with E-state index in [1.54, 1.807) is 0 Å². The van der Waals surface area contributed by atoms with Gasteiger partial charge in [0.05, 0.1) is 5.52 Å². The van der Waals surface area contributed by atoms with E-state index in [1.807, 2.05) is 24.0 Å². The zero-order valence-corrected chi connectivity index (χ0v) is 13.5. The molecule has 1 atom stereocenters. The number of carbonyl (C=O) groups is 1. The molecule has 0 spiro atoms. The van der Waals surface area contributed by atoms with Crippen LogP contribution in [0.3, 0.4) is 0 Å². The van der Waals surface area contributed by atoms with E-state index in [-0.39, 0.29) is 5.91 Å². The number of para-hydroxylation sites is 1. The molecule has 1 unspecified atom stereocenters. The van der Waals surface area contributed by atoms with Gasteiger partial charge in [-0.05, 0) is 31.5 Å². The highest BCUT2D eigenvalue weighted by molar-refractivity contribution is 5.84. The molecule has 1 aliphatic rings. The predicted octanol–water partition coefficient (Wildman–Crippen LogP) is 2.85. The van der Waals surface area contributed by atoms with Crippen LogP contribution in [0.4, 0.5) is 5.82 Å². The lowest BCUT2D eigenvalue weighted by molar-refractivity contribution is -0.127. The van der Waals surface area contributed by atoms with E-state index in [0.717, 1.165) is 31.0 Å². The molecule has 116 valence electrons. The van der Waals surface area contributed by atoms with Crippen LogP contribution >= 0.6 is 0 Å². The largest absolute Gasteiger partial charge is 0.359 e. The number of fused-ring (bicyclic) bond motifs is 1. The van der Waals surface area contributed by atoms with Crippen molar-refractivity contribution in [3.8, 4) is 0 Å². The van der Waals surface area contributed by atoms with Gasteiger partial charge in [0, 0.05) is 44.4 Å². The molecule has 0 radical (unpaired) electrons. The lowest BCUT2D eigenvalue weighted by Crippen LogP contribution is -2.29. The molecule has 0 N–H and O–H groups in total. The predicted molar refractivity (Wildman–Crippen MR) is 90.1 cm³/mol. The van der Waals surface area contributed by atoms with Gasteiger partial charge < -0.3 is 9.80 Å². The van der Waals surface area contributed by atoms with E-state index in [2.05, 4.69) is 37.1 Å². The Balaban J connectivity index is 1.78. The molecule has 1 aromatic heterocycles. The number of amides is 1. The third-order valence-corrected chi connectivity index (χ3v) is 4.51. The third-order valence-electron chi connectivity index (χ3n) is 4.51. The molecular weight excluding hydrogens is 274 g/mol. The Bertz CT molecular complexity index is 698. The molecule has 22 heavy (non-hydrogen) atoms. The molecule has 4 nitrogen and oxygen atoms in total. The molecule has 4 heteroatoms. The van der Waals surface area contributed by atoms with Crippen molar-refractivity contribution in [3.05, 3.63) is 35.9 Å². The molecule has 1 amide bonds. The van der Waals surface area contributed by atoms with Crippen LogP contribution in [0.25, 0.3) is 10.9 Å². The summed E-state index contributed by atoms with van der Waals surface area (Å²) in [6.07, 6.45) is 0.657. The van der Waals surface area contributed by atoms with Crippen LogP contribution in [-0.4, -0.2) is 42.5 Å². The fraction of sp³-hybridized carbons (Fsp3) is 0.444. The molecule has 2 aromatic rings. The molecule has 1 aliphatic heterocycles. The van der Waals surface area contributed by atoms with Gasteiger partial charge in [-0.3, -0.25) is 4.79 Å². The number of benzene rings is 1. The first-order chi connectivity index (χ1) is 10.6. The Morgan fingerprint density at radius 3 is 2.86 bits per heavy atom. The van der Waals surface area contributed by atoms with Crippen LogP contribution in [0.2, 0.25) is 0 Å². The summed E-state index contributed by atoms with van der Waals surface area (Å²) < 4.78 is 0. The second-order valence-electron chi connectivity index (χ2n) is 6.20. The smallest absolute Gasteiger partial charge is 0.222 e. The van der Waals surface area contributed by atoms with Crippen LogP contribution in [0.1, 0.15) is 18.9 Å². The third kappa shape index (κ3) is 2.78. The second kappa shape index (κ2) is 5.95. The number of aryl methyl sites for hydroxylation is 1. The van der Waals surface area contributed by atoms with E-state index in [1.165, 1.54) is 10.9 Å². The van der Waals surface area contributed by atoms with E-state index in [4.69, 9.17) is 4.98 Å². The van der Waals surface area contributed by atoms with Gasteiger partial charge in [-0.1, -0.05) is 18.2 Å². The topological polar surface area (TPSA) is 36.4 Å². The number of hydrogen-bond acceptors (Lipinski definition) is 3. The molecule has 0 bridgehead atoms. The first-order valence-electron chi connectivity index (χ1n) is 7.93. The summed E-state index contributed by atoms with van der Waals surface area (Å²) in [5, 5.41) is 1.20. The highest BCUT2D eigenvalue weighted by Crippen LogP contribution is 2.24. The molecule has 1 aromatic carbocycles. The highest BCUT2D eigenvalue weighted by atomic mass is 16.2. The van der Waals surface area contributed by atoms with Gasteiger partial charge in [-0.15, -0.1) is 0 Å². The van der Waals surface area contributed by atoms with Crippen LogP contribution in [0.15, 0.2) is 30.3 Å². The summed E-state index contributed by atoms with van der Waals surface area (Å²) in [4.78, 5) is 20.7. The maximum absolute atomic E-state index is 11.9. The second-order valence-corrected chi connectivity index (χ2v) is 6.20. The molecule has 0 saturated carbocycles. The Labute approximate surface area is 131 Å². The molecule has 1 fully saturated rings. The first kappa shape index (κ1) is 14.8. The van der Waals surface area contributed by atoms with Crippen molar-refractivity contribution in [2.45, 2.75) is 20.3 Å². The Morgan fingerprint density at radius 2 is 2.14 bits per heavy atom. The van der Waals surface area contributed by atoms with Crippen molar-refractivity contribution < 1.29 is 4.79 Å². The number of pyridine rings is 1. The van der Waals surface area contributed by atoms with E-state index in [9.17, 15) is 4.79 Å². The first-order valence-corrected chi connectivity index (χ1v) is 7.93. The van der Waals surface area contributed by atoms with Crippen LogP contribution in [-0.2, 0) is 4.79 Å². The molecular formula is C18H23N3O. The summed E-state index contributed by atoms with van der Waals surface area (Å²) in [5.41, 5.74) is 2.27. The summed E-state index contributed by atoms with van der Waals surface area (Å²) in [6.45, 7) is 6.71. The number of carbonyl (C=O) groups excluding carboxylic acids is 1. The molecule has 0 aliphatic carbocycles. The van der Waals surface area contributed by atoms with Crippen molar-refractivity contribution in [2.24, 2.45) is 5.92 Å². The monoisotopic (exact) mass is 297 g/mol. The minimum atomic E-state index is 0.281. The quantitative estimate of drug-likeness (QED) is 0.870. The van der Waals surface area contributed by atoms with Gasteiger partial charge in [-0.2, -0.15) is 0 Å². The fourth-order valence-electron chi connectivity index (χ4n) is 3.29. The van der Waals surface area contributed by atoms with Gasteiger partial charge in [0.15, 0.2) is 0 Å². The van der Waals surface area contributed by atoms with Crippen molar-refractivity contribution >= 4 is 22.6 Å². The number of rotatable bonds is 4. The summed E-state index contributed by atoms with van der Waals surface area (Å²) in [5.74, 6) is 1.66.